The molecular weight excluding hydrogens is 407 g/mol. The summed E-state index contributed by atoms with van der Waals surface area (Å²) in [5, 5.41) is 2.66. The van der Waals surface area contributed by atoms with E-state index in [0.717, 1.165) is 6.07 Å². The summed E-state index contributed by atoms with van der Waals surface area (Å²) in [6.07, 6.45) is 0.515. The summed E-state index contributed by atoms with van der Waals surface area (Å²) in [6.45, 7) is 0.731. The Hall–Kier alpha value is -3.46. The Morgan fingerprint density at radius 3 is 2.55 bits per heavy atom. The number of hydrogen-bond donors (Lipinski definition) is 2. The van der Waals surface area contributed by atoms with Gasteiger partial charge in [-0.2, -0.15) is 9.37 Å². The molecule has 31 heavy (non-hydrogen) atoms. The molecule has 0 bridgehead atoms. The maximum absolute atomic E-state index is 14.9. The first kappa shape index (κ1) is 20.8. The average molecular weight is 427 g/mol. The molecule has 160 valence electrons. The second-order valence-electron chi connectivity index (χ2n) is 7.64. The van der Waals surface area contributed by atoms with Crippen LogP contribution in [0.25, 0.3) is 22.5 Å². The summed E-state index contributed by atoms with van der Waals surface area (Å²) in [7, 11) is 3.57. The van der Waals surface area contributed by atoms with Crippen LogP contribution in [0.15, 0.2) is 30.3 Å². The van der Waals surface area contributed by atoms with Gasteiger partial charge in [0.15, 0.2) is 5.82 Å². The number of amides is 1. The number of hydrogen-bond acceptors (Lipinski definition) is 5. The number of fused-ring (bicyclic) bond motifs is 1. The summed E-state index contributed by atoms with van der Waals surface area (Å²) in [4.78, 5) is 21.7. The first-order chi connectivity index (χ1) is 14.7. The molecule has 0 unspecified atom stereocenters. The Morgan fingerprint density at radius 1 is 1.03 bits per heavy atom. The van der Waals surface area contributed by atoms with Crippen molar-refractivity contribution in [2.24, 2.45) is 0 Å². The van der Waals surface area contributed by atoms with E-state index in [-0.39, 0.29) is 34.2 Å². The highest BCUT2D eigenvalue weighted by atomic mass is 19.1. The lowest BCUT2D eigenvalue weighted by Crippen LogP contribution is -2.32. The number of nitrogens with zero attached hydrogens (tertiary/aromatic N) is 3. The van der Waals surface area contributed by atoms with E-state index < -0.39 is 17.6 Å². The third kappa shape index (κ3) is 3.96. The van der Waals surface area contributed by atoms with Crippen LogP contribution in [0.4, 0.5) is 19.0 Å². The first-order valence-corrected chi connectivity index (χ1v) is 9.62. The molecule has 0 spiro atoms. The number of benzene rings is 2. The van der Waals surface area contributed by atoms with E-state index in [9.17, 15) is 18.0 Å². The van der Waals surface area contributed by atoms with Crippen LogP contribution in [0.3, 0.4) is 0 Å². The van der Waals surface area contributed by atoms with Crippen molar-refractivity contribution in [2.75, 3.05) is 26.4 Å². The number of carbonyl (C=O) groups excluding carboxylic acids is 1. The quantitative estimate of drug-likeness (QED) is 0.668. The molecule has 3 N–H and O–H groups in total. The van der Waals surface area contributed by atoms with Crippen molar-refractivity contribution in [1.29, 1.82) is 0 Å². The summed E-state index contributed by atoms with van der Waals surface area (Å²) in [6, 6.07) is 6.71. The van der Waals surface area contributed by atoms with Gasteiger partial charge in [0.25, 0.3) is 5.91 Å². The van der Waals surface area contributed by atoms with Crippen LogP contribution in [-0.2, 0) is 13.0 Å². The predicted molar refractivity (Wildman–Crippen MR) is 111 cm³/mol. The zero-order valence-corrected chi connectivity index (χ0v) is 17.0. The van der Waals surface area contributed by atoms with Crippen LogP contribution < -0.4 is 11.1 Å². The smallest absolute Gasteiger partial charge is 0.251 e. The highest BCUT2D eigenvalue weighted by Gasteiger charge is 2.23. The monoisotopic (exact) mass is 427 g/mol. The number of nitrogens with one attached hydrogen (secondary N) is 1. The molecular formula is C22H20F3N5O. The van der Waals surface area contributed by atoms with Gasteiger partial charge in [0.2, 0.25) is 5.95 Å². The second-order valence-corrected chi connectivity index (χ2v) is 7.64. The molecule has 2 aromatic carbocycles. The van der Waals surface area contributed by atoms with Crippen molar-refractivity contribution in [3.8, 4) is 22.5 Å². The zero-order valence-electron chi connectivity index (χ0n) is 17.0. The maximum atomic E-state index is 14.9. The molecule has 1 aromatic heterocycles. The molecule has 2 heterocycles. The third-order valence-corrected chi connectivity index (χ3v) is 5.06. The minimum Gasteiger partial charge on any atom is -0.382 e. The van der Waals surface area contributed by atoms with Crippen molar-refractivity contribution in [3.63, 3.8) is 0 Å². The predicted octanol–water partition coefficient (Wildman–Crippen LogP) is 3.16. The number of nitrogen functional groups attached to an aromatic ring is 1. The van der Waals surface area contributed by atoms with Gasteiger partial charge in [-0.15, -0.1) is 0 Å². The van der Waals surface area contributed by atoms with Crippen molar-refractivity contribution in [1.82, 2.24) is 20.2 Å². The molecule has 1 aliphatic rings. The van der Waals surface area contributed by atoms with Gasteiger partial charge in [0.1, 0.15) is 23.0 Å². The molecule has 0 saturated heterocycles. The molecule has 0 radical (unpaired) electrons. The Balaban J connectivity index is 1.84. The van der Waals surface area contributed by atoms with Gasteiger partial charge < -0.3 is 16.0 Å². The van der Waals surface area contributed by atoms with E-state index in [1.807, 2.05) is 0 Å². The van der Waals surface area contributed by atoms with E-state index >= 15 is 0 Å². The van der Waals surface area contributed by atoms with Gasteiger partial charge >= 0.3 is 0 Å². The molecule has 0 aliphatic carbocycles. The number of aromatic nitrogens is 2. The van der Waals surface area contributed by atoms with Crippen LogP contribution >= 0.6 is 0 Å². The molecule has 1 amide bonds. The van der Waals surface area contributed by atoms with Gasteiger partial charge in [-0.25, -0.2) is 13.8 Å². The lowest BCUT2D eigenvalue weighted by Gasteiger charge is -2.18. The van der Waals surface area contributed by atoms with Crippen LogP contribution in [0, 0.1) is 17.6 Å². The largest absolute Gasteiger partial charge is 0.382 e. The summed E-state index contributed by atoms with van der Waals surface area (Å²) < 4.78 is 43.6. The van der Waals surface area contributed by atoms with Crippen LogP contribution in [0.5, 0.6) is 0 Å². The van der Waals surface area contributed by atoms with Crippen molar-refractivity contribution in [3.05, 3.63) is 64.6 Å². The van der Waals surface area contributed by atoms with Gasteiger partial charge in [0, 0.05) is 35.3 Å². The minimum absolute atomic E-state index is 0.0235. The van der Waals surface area contributed by atoms with E-state index in [0.29, 0.717) is 36.2 Å². The molecule has 0 saturated carbocycles. The van der Waals surface area contributed by atoms with Gasteiger partial charge in [-0.1, -0.05) is 0 Å². The molecule has 1 aliphatic heterocycles. The van der Waals surface area contributed by atoms with Crippen LogP contribution in [0.1, 0.15) is 21.5 Å². The molecule has 3 aromatic rings. The lowest BCUT2D eigenvalue weighted by molar-refractivity contribution is 0.0945. The Bertz CT molecular complexity index is 1200. The normalized spacial score (nSPS) is 13.3. The fourth-order valence-electron chi connectivity index (χ4n) is 3.62. The average Bonchev–Trinajstić information content (AvgIpc) is 2.70. The molecule has 6 nitrogen and oxygen atoms in total. The van der Waals surface area contributed by atoms with E-state index in [2.05, 4.69) is 15.3 Å². The Kier molecular flexibility index (Phi) is 5.36. The van der Waals surface area contributed by atoms with E-state index in [1.54, 1.807) is 19.0 Å². The van der Waals surface area contributed by atoms with Crippen molar-refractivity contribution < 1.29 is 18.0 Å². The topological polar surface area (TPSA) is 84.1 Å². The van der Waals surface area contributed by atoms with E-state index in [1.165, 1.54) is 24.3 Å². The second kappa shape index (κ2) is 7.99. The summed E-state index contributed by atoms with van der Waals surface area (Å²) >= 11 is 0. The number of rotatable bonds is 4. The summed E-state index contributed by atoms with van der Waals surface area (Å²) in [5.74, 6) is -2.73. The highest BCUT2D eigenvalue weighted by molar-refractivity contribution is 5.97. The lowest BCUT2D eigenvalue weighted by atomic mass is 9.96. The number of carbonyl (C=O) groups is 1. The SMILES string of the molecule is CN(C)Cc1cc(-c2nc(-c3cc4c(cc3F)C(=O)NCC4)c(N)nc2F)ccc1F. The fourth-order valence-corrected chi connectivity index (χ4v) is 3.62. The minimum atomic E-state index is -0.943. The standard InChI is InChI=1S/C22H20F3N5O/c1-30(2)10-13-7-12(3-4-16(13)23)18-20(25)29-21(26)19(28-18)15-8-11-5-6-27-22(31)14(11)9-17(15)24/h3-4,7-9H,5-6,10H2,1-2H3,(H2,26,29)(H,27,31). The number of nitrogens with two attached hydrogens (primary N) is 1. The van der Waals surface area contributed by atoms with Gasteiger partial charge in [-0.3, -0.25) is 4.79 Å². The highest BCUT2D eigenvalue weighted by Crippen LogP contribution is 2.32. The van der Waals surface area contributed by atoms with Crippen molar-refractivity contribution >= 4 is 11.7 Å². The summed E-state index contributed by atoms with van der Waals surface area (Å²) in [5.41, 5.74) is 7.21. The number of halogens is 3. The third-order valence-electron chi connectivity index (χ3n) is 5.06. The molecule has 0 atom stereocenters. The maximum Gasteiger partial charge on any atom is 0.251 e. The van der Waals surface area contributed by atoms with Gasteiger partial charge in [0.05, 0.1) is 0 Å². The molecule has 4 rings (SSSR count). The first-order valence-electron chi connectivity index (χ1n) is 9.62. The van der Waals surface area contributed by atoms with Crippen LogP contribution in [-0.4, -0.2) is 41.4 Å². The Morgan fingerprint density at radius 2 is 1.81 bits per heavy atom. The molecule has 0 fully saturated rings. The van der Waals surface area contributed by atoms with Gasteiger partial charge in [-0.05, 0) is 56.4 Å². The van der Waals surface area contributed by atoms with E-state index in [4.69, 9.17) is 5.73 Å². The fraction of sp³-hybridized carbons (Fsp3) is 0.227. The number of anilines is 1. The van der Waals surface area contributed by atoms with Crippen molar-refractivity contribution in [2.45, 2.75) is 13.0 Å². The molecule has 9 heteroatoms. The Labute approximate surface area is 176 Å². The zero-order chi connectivity index (χ0) is 22.3. The van der Waals surface area contributed by atoms with Crippen LogP contribution in [0.2, 0.25) is 0 Å².